The molecule has 0 N–H and O–H groups in total. The molecule has 10 aromatic rings. The Balaban J connectivity index is 1.36. The number of aryl methyl sites for hydroxylation is 2. The van der Waals surface area contributed by atoms with Crippen LogP contribution in [0.5, 0.6) is 0 Å². The van der Waals surface area contributed by atoms with E-state index in [4.69, 9.17) is 8.83 Å². The number of hydrogen-bond donors (Lipinski definition) is 0. The first-order valence-corrected chi connectivity index (χ1v) is 16.1. The monoisotopic (exact) mass is 603 g/mol. The normalized spacial score (nSPS) is 12.0. The van der Waals surface area contributed by atoms with Crippen LogP contribution in [-0.4, -0.2) is 4.57 Å². The van der Waals surface area contributed by atoms with Gasteiger partial charge >= 0.3 is 0 Å². The van der Waals surface area contributed by atoms with Gasteiger partial charge in [-0.05, 0) is 79.1 Å². The van der Waals surface area contributed by atoms with E-state index in [9.17, 15) is 0 Å². The Morgan fingerprint density at radius 1 is 0.426 bits per heavy atom. The SMILES string of the molecule is Cc1ccc2c(c1)c1cc(C)ccc1n2-c1cccc2c1oc1c(-c3ccccc3)ccc(-c3cccc4oc5ccccc5c34)c12. The maximum Gasteiger partial charge on any atom is 0.159 e. The summed E-state index contributed by atoms with van der Waals surface area (Å²) in [6, 6.07) is 49.7. The molecule has 222 valence electrons. The Bertz CT molecular complexity index is 2800. The average molecular weight is 604 g/mol. The summed E-state index contributed by atoms with van der Waals surface area (Å²) in [5.41, 5.74) is 13.9. The van der Waals surface area contributed by atoms with E-state index < -0.39 is 0 Å². The fraction of sp³-hybridized carbons (Fsp3) is 0.0455. The number of benzene rings is 7. The van der Waals surface area contributed by atoms with Crippen molar-refractivity contribution in [1.82, 2.24) is 4.57 Å². The fourth-order valence-electron chi connectivity index (χ4n) is 7.64. The average Bonchev–Trinajstić information content (AvgIpc) is 3.78. The summed E-state index contributed by atoms with van der Waals surface area (Å²) in [7, 11) is 0. The summed E-state index contributed by atoms with van der Waals surface area (Å²) >= 11 is 0. The van der Waals surface area contributed by atoms with Crippen molar-refractivity contribution < 1.29 is 8.83 Å². The molecule has 10 rings (SSSR count). The molecule has 3 aromatic heterocycles. The Labute approximate surface area is 270 Å². The molecule has 7 aromatic carbocycles. The van der Waals surface area contributed by atoms with Crippen LogP contribution in [0.1, 0.15) is 11.1 Å². The number of para-hydroxylation sites is 2. The number of furan rings is 2. The predicted octanol–water partition coefficient (Wildman–Crippen LogP) is 12.5. The molecule has 3 heterocycles. The highest BCUT2D eigenvalue weighted by Crippen LogP contribution is 2.47. The molecule has 3 nitrogen and oxygen atoms in total. The summed E-state index contributed by atoms with van der Waals surface area (Å²) in [5, 5.41) is 6.93. The smallest absolute Gasteiger partial charge is 0.159 e. The van der Waals surface area contributed by atoms with Crippen molar-refractivity contribution in [1.29, 1.82) is 0 Å². The van der Waals surface area contributed by atoms with Crippen LogP contribution in [0, 0.1) is 13.8 Å². The number of aromatic nitrogens is 1. The number of nitrogens with zero attached hydrogens (tertiary/aromatic N) is 1. The molecule has 0 saturated heterocycles. The standard InChI is InChI=1S/C44H29NO2/c1-26-18-22-36-34(24-26)35-25-27(2)19-23-37(35)45(36)38-15-8-14-33-42-31(21-20-29(44(42)47-43(33)38)28-10-4-3-5-11-28)30-13-9-17-40-41(30)32-12-6-7-16-39(32)46-40/h3-25H,1-2H3. The molecule has 47 heavy (non-hydrogen) atoms. The molecule has 0 aliphatic heterocycles. The highest BCUT2D eigenvalue weighted by atomic mass is 16.3. The first-order chi connectivity index (χ1) is 23.1. The third-order valence-corrected chi connectivity index (χ3v) is 9.72. The van der Waals surface area contributed by atoms with Crippen LogP contribution >= 0.6 is 0 Å². The molecule has 0 bridgehead atoms. The van der Waals surface area contributed by atoms with Crippen LogP contribution in [0.15, 0.2) is 148 Å². The highest BCUT2D eigenvalue weighted by molar-refractivity contribution is 6.22. The number of hydrogen-bond acceptors (Lipinski definition) is 2. The zero-order chi connectivity index (χ0) is 31.2. The van der Waals surface area contributed by atoms with Crippen LogP contribution in [0.4, 0.5) is 0 Å². The third kappa shape index (κ3) is 3.74. The molecular weight excluding hydrogens is 574 g/mol. The van der Waals surface area contributed by atoms with Crippen molar-refractivity contribution in [3.05, 3.63) is 151 Å². The summed E-state index contributed by atoms with van der Waals surface area (Å²) in [4.78, 5) is 0. The van der Waals surface area contributed by atoms with Gasteiger partial charge in [0.25, 0.3) is 0 Å². The lowest BCUT2D eigenvalue weighted by molar-refractivity contribution is 0.667. The zero-order valence-electron chi connectivity index (χ0n) is 26.0. The van der Waals surface area contributed by atoms with Gasteiger partial charge < -0.3 is 13.4 Å². The fourth-order valence-corrected chi connectivity index (χ4v) is 7.64. The summed E-state index contributed by atoms with van der Waals surface area (Å²) < 4.78 is 15.8. The molecule has 3 heteroatoms. The molecule has 0 unspecified atom stereocenters. The first-order valence-electron chi connectivity index (χ1n) is 16.1. The van der Waals surface area contributed by atoms with Crippen molar-refractivity contribution >= 4 is 65.7 Å². The van der Waals surface area contributed by atoms with Crippen LogP contribution in [-0.2, 0) is 0 Å². The van der Waals surface area contributed by atoms with E-state index in [1.54, 1.807) is 0 Å². The van der Waals surface area contributed by atoms with Gasteiger partial charge in [0.05, 0.1) is 16.7 Å². The van der Waals surface area contributed by atoms with Crippen LogP contribution < -0.4 is 0 Å². The number of rotatable bonds is 3. The lowest BCUT2D eigenvalue weighted by atomic mass is 9.92. The van der Waals surface area contributed by atoms with Crippen molar-refractivity contribution in [2.75, 3.05) is 0 Å². The minimum absolute atomic E-state index is 0.872. The number of fused-ring (bicyclic) bond motifs is 9. The summed E-state index contributed by atoms with van der Waals surface area (Å²) in [6.07, 6.45) is 0. The molecule has 0 aliphatic rings. The summed E-state index contributed by atoms with van der Waals surface area (Å²) in [6.45, 7) is 4.32. The van der Waals surface area contributed by atoms with E-state index in [2.05, 4.69) is 146 Å². The minimum Gasteiger partial charge on any atom is -0.456 e. The molecule has 0 fully saturated rings. The highest BCUT2D eigenvalue weighted by Gasteiger charge is 2.23. The Morgan fingerprint density at radius 3 is 1.85 bits per heavy atom. The van der Waals surface area contributed by atoms with Gasteiger partial charge in [-0.3, -0.25) is 0 Å². The van der Waals surface area contributed by atoms with E-state index in [1.807, 2.05) is 12.1 Å². The van der Waals surface area contributed by atoms with Gasteiger partial charge in [-0.2, -0.15) is 0 Å². The van der Waals surface area contributed by atoms with Gasteiger partial charge in [-0.25, -0.2) is 0 Å². The van der Waals surface area contributed by atoms with Gasteiger partial charge in [-0.1, -0.05) is 102 Å². The Morgan fingerprint density at radius 2 is 1.06 bits per heavy atom. The van der Waals surface area contributed by atoms with Gasteiger partial charge in [-0.15, -0.1) is 0 Å². The third-order valence-electron chi connectivity index (χ3n) is 9.72. The first kappa shape index (κ1) is 26.2. The van der Waals surface area contributed by atoms with Gasteiger partial charge in [0.2, 0.25) is 0 Å². The van der Waals surface area contributed by atoms with Crippen molar-refractivity contribution in [2.24, 2.45) is 0 Å². The van der Waals surface area contributed by atoms with E-state index in [0.717, 1.165) is 71.8 Å². The minimum atomic E-state index is 0.872. The Hall–Kier alpha value is -6.06. The van der Waals surface area contributed by atoms with Gasteiger partial charge in [0.1, 0.15) is 16.7 Å². The van der Waals surface area contributed by atoms with Crippen molar-refractivity contribution in [3.8, 4) is 27.9 Å². The van der Waals surface area contributed by atoms with E-state index in [1.165, 1.54) is 32.9 Å². The second-order valence-corrected chi connectivity index (χ2v) is 12.6. The van der Waals surface area contributed by atoms with Gasteiger partial charge in [0.15, 0.2) is 5.58 Å². The van der Waals surface area contributed by atoms with E-state index >= 15 is 0 Å². The predicted molar refractivity (Wildman–Crippen MR) is 196 cm³/mol. The molecule has 0 radical (unpaired) electrons. The molecule has 0 amide bonds. The van der Waals surface area contributed by atoms with Crippen LogP contribution in [0.2, 0.25) is 0 Å². The second-order valence-electron chi connectivity index (χ2n) is 12.6. The largest absolute Gasteiger partial charge is 0.456 e. The van der Waals surface area contributed by atoms with Crippen LogP contribution in [0.25, 0.3) is 93.6 Å². The molecule has 0 spiro atoms. The zero-order valence-corrected chi connectivity index (χ0v) is 26.0. The lowest BCUT2D eigenvalue weighted by Crippen LogP contribution is -1.94. The van der Waals surface area contributed by atoms with Crippen LogP contribution in [0.3, 0.4) is 0 Å². The van der Waals surface area contributed by atoms with Crippen molar-refractivity contribution in [3.63, 3.8) is 0 Å². The second kappa shape index (κ2) is 9.72. The van der Waals surface area contributed by atoms with Gasteiger partial charge in [0, 0.05) is 37.9 Å². The molecule has 0 atom stereocenters. The topological polar surface area (TPSA) is 31.2 Å². The summed E-state index contributed by atoms with van der Waals surface area (Å²) in [5.74, 6) is 0. The molecule has 0 saturated carbocycles. The maximum absolute atomic E-state index is 7.14. The Kier molecular flexibility index (Phi) is 5.41. The quantitative estimate of drug-likeness (QED) is 0.201. The lowest BCUT2D eigenvalue weighted by Gasteiger charge is -2.10. The molecule has 0 aliphatic carbocycles. The van der Waals surface area contributed by atoms with Crippen molar-refractivity contribution in [2.45, 2.75) is 13.8 Å². The van der Waals surface area contributed by atoms with E-state index in [-0.39, 0.29) is 0 Å². The maximum atomic E-state index is 7.14. The molecular formula is C44H29NO2. The van der Waals surface area contributed by atoms with E-state index in [0.29, 0.717) is 0 Å².